The Hall–Kier alpha value is -1.31. The molecule has 50 valence electrons. The van der Waals surface area contributed by atoms with Crippen molar-refractivity contribution in [1.82, 2.24) is 0 Å². The van der Waals surface area contributed by atoms with Gasteiger partial charge in [-0.2, -0.15) is 0 Å². The Morgan fingerprint density at radius 2 is 2.40 bits per heavy atom. The third-order valence-electron chi connectivity index (χ3n) is 1.27. The molecule has 0 aromatic heterocycles. The van der Waals surface area contributed by atoms with Gasteiger partial charge in [-0.05, 0) is 0 Å². The van der Waals surface area contributed by atoms with Crippen LogP contribution in [0.4, 0.5) is 0 Å². The first kappa shape index (κ1) is 6.81. The van der Waals surface area contributed by atoms with Gasteiger partial charge >= 0.3 is 0 Å². The molecule has 2 heteroatoms. The summed E-state index contributed by atoms with van der Waals surface area (Å²) in [6, 6.07) is 0. The Kier molecular flexibility index (Phi) is 1.71. The molecular formula is C8H8NO+. The first-order valence-corrected chi connectivity index (χ1v) is 3.03. The van der Waals surface area contributed by atoms with Gasteiger partial charge in [-0.15, -0.1) is 0 Å². The molecule has 0 fully saturated rings. The minimum absolute atomic E-state index is 0.00843. The van der Waals surface area contributed by atoms with Crippen LogP contribution >= 0.6 is 0 Å². The van der Waals surface area contributed by atoms with E-state index in [1.54, 1.807) is 24.6 Å². The first-order valence-electron chi connectivity index (χ1n) is 3.03. The maximum atomic E-state index is 10.7. The van der Waals surface area contributed by atoms with Crippen LogP contribution in [0.25, 0.3) is 0 Å². The summed E-state index contributed by atoms with van der Waals surface area (Å²) in [5.74, 6) is 0.00843. The number of carbonyl (C=O) groups excluding carboxylic acids is 1. The largest absolute Gasteiger partial charge is 0.282 e. The molecule has 1 aliphatic carbocycles. The summed E-state index contributed by atoms with van der Waals surface area (Å²) in [6.45, 7) is 1.49. The van der Waals surface area contributed by atoms with Gasteiger partial charge in [-0.25, -0.2) is 4.79 Å². The van der Waals surface area contributed by atoms with Gasteiger partial charge in [-0.1, -0.05) is 0 Å². The third-order valence-corrected chi connectivity index (χ3v) is 1.27. The average molecular weight is 134 g/mol. The van der Waals surface area contributed by atoms with E-state index in [1.807, 2.05) is 0 Å². The highest BCUT2D eigenvalue weighted by Gasteiger charge is 2.14. The molecule has 2 nitrogen and oxygen atoms in total. The minimum Gasteiger partial charge on any atom is -0.282 e. The monoisotopic (exact) mass is 134 g/mol. The highest BCUT2D eigenvalue weighted by molar-refractivity contribution is 6.10. The van der Waals surface area contributed by atoms with Crippen molar-refractivity contribution in [3.8, 4) is 0 Å². The molecule has 0 saturated carbocycles. The van der Waals surface area contributed by atoms with E-state index >= 15 is 0 Å². The molecule has 0 aromatic carbocycles. The van der Waals surface area contributed by atoms with Gasteiger partial charge < -0.3 is 0 Å². The van der Waals surface area contributed by atoms with Gasteiger partial charge in [0.2, 0.25) is 5.78 Å². The van der Waals surface area contributed by atoms with Gasteiger partial charge in [0.25, 0.3) is 0 Å². The van der Waals surface area contributed by atoms with Crippen LogP contribution in [0, 0.1) is 11.8 Å². The van der Waals surface area contributed by atoms with Crippen molar-refractivity contribution in [3.05, 3.63) is 30.2 Å². The number of Topliss-reactive ketones (excluding diaryl/α,β-unsaturated/α-hetero) is 1. The van der Waals surface area contributed by atoms with E-state index in [-0.39, 0.29) is 5.78 Å². The predicted molar refractivity (Wildman–Crippen MR) is 39.9 cm³/mol. The summed E-state index contributed by atoms with van der Waals surface area (Å²) < 4.78 is 0. The Morgan fingerprint density at radius 3 is 2.80 bits per heavy atom. The quantitative estimate of drug-likeness (QED) is 0.539. The smallest absolute Gasteiger partial charge is 0.240 e. The second-order valence-electron chi connectivity index (χ2n) is 2.14. The zero-order valence-electron chi connectivity index (χ0n) is 5.72. The lowest BCUT2D eigenvalue weighted by molar-refractivity contribution is -0.113. The van der Waals surface area contributed by atoms with Gasteiger partial charge in [0.05, 0.1) is 6.08 Å². The summed E-state index contributed by atoms with van der Waals surface area (Å²) in [4.78, 5) is 10.7. The summed E-state index contributed by atoms with van der Waals surface area (Å²) in [6.07, 6.45) is 6.62. The van der Waals surface area contributed by atoms with Gasteiger partial charge in [0.15, 0.2) is 0 Å². The molecule has 0 bridgehead atoms. The molecule has 0 heterocycles. The number of carbonyl (C=O) groups is 1. The Morgan fingerprint density at radius 1 is 1.70 bits per heavy atom. The van der Waals surface area contributed by atoms with Crippen LogP contribution in [0.1, 0.15) is 6.92 Å². The number of hydrogen-bond acceptors (Lipinski definition) is 2. The fraction of sp³-hybridized carbons (Fsp3) is 0.125. The molecule has 1 aliphatic rings. The lowest BCUT2D eigenvalue weighted by atomic mass is 10.0. The lowest BCUT2D eigenvalue weighted by Crippen LogP contribution is -2.03. The molecule has 0 amide bonds. The Labute approximate surface area is 59.8 Å². The third kappa shape index (κ3) is 1.35. The molecule has 0 spiro atoms. The number of nitrogens with one attached hydrogen (secondary N) is 1. The first-order chi connectivity index (χ1) is 4.70. The number of rotatable bonds is 1. The van der Waals surface area contributed by atoms with Crippen molar-refractivity contribution in [1.29, 1.82) is 5.41 Å². The predicted octanol–water partition coefficient (Wildman–Crippen LogP) is 1.30. The number of ketones is 1. The van der Waals surface area contributed by atoms with Crippen molar-refractivity contribution < 1.29 is 4.79 Å². The van der Waals surface area contributed by atoms with Crippen molar-refractivity contribution >= 4 is 11.5 Å². The molecule has 1 rings (SSSR count). The van der Waals surface area contributed by atoms with Crippen LogP contribution in [0.3, 0.4) is 0 Å². The van der Waals surface area contributed by atoms with E-state index < -0.39 is 0 Å². The van der Waals surface area contributed by atoms with E-state index in [4.69, 9.17) is 5.41 Å². The second kappa shape index (κ2) is 2.52. The molecule has 0 aromatic rings. The highest BCUT2D eigenvalue weighted by Crippen LogP contribution is 2.07. The fourth-order valence-electron chi connectivity index (χ4n) is 0.738. The SMILES string of the molecule is CC(=O)C1=CC(=N)C=C[CH+]1. The molecule has 0 radical (unpaired) electrons. The normalized spacial score (nSPS) is 16.1. The fourth-order valence-corrected chi connectivity index (χ4v) is 0.738. The topological polar surface area (TPSA) is 40.9 Å². The number of hydrogen-bond donors (Lipinski definition) is 1. The molecule has 10 heavy (non-hydrogen) atoms. The van der Waals surface area contributed by atoms with Crippen LogP contribution in [0.15, 0.2) is 23.8 Å². The summed E-state index contributed by atoms with van der Waals surface area (Å²) in [5, 5.41) is 7.18. The maximum absolute atomic E-state index is 10.7. The van der Waals surface area contributed by atoms with Crippen molar-refractivity contribution in [3.63, 3.8) is 0 Å². The molecule has 0 aliphatic heterocycles. The van der Waals surface area contributed by atoms with E-state index in [2.05, 4.69) is 0 Å². The van der Waals surface area contributed by atoms with Crippen molar-refractivity contribution in [2.45, 2.75) is 6.92 Å². The highest BCUT2D eigenvalue weighted by atomic mass is 16.1. The van der Waals surface area contributed by atoms with E-state index in [0.717, 1.165) is 0 Å². The van der Waals surface area contributed by atoms with Crippen LogP contribution in [-0.4, -0.2) is 11.5 Å². The summed E-state index contributed by atoms with van der Waals surface area (Å²) in [5.41, 5.74) is 0.986. The van der Waals surface area contributed by atoms with Crippen LogP contribution in [0.5, 0.6) is 0 Å². The summed E-state index contributed by atoms with van der Waals surface area (Å²) >= 11 is 0. The molecule has 0 unspecified atom stereocenters. The molecular weight excluding hydrogens is 126 g/mol. The Balaban J connectivity index is 2.81. The molecule has 0 atom stereocenters. The standard InChI is InChI=1S/C8H8NO/c1-6(10)7-3-2-4-8(9)5-7/h2-5,9H,1H3/q+1. The van der Waals surface area contributed by atoms with Crippen LogP contribution in [-0.2, 0) is 4.79 Å². The maximum Gasteiger partial charge on any atom is 0.240 e. The van der Waals surface area contributed by atoms with Crippen LogP contribution < -0.4 is 0 Å². The van der Waals surface area contributed by atoms with Gasteiger partial charge in [0.1, 0.15) is 11.3 Å². The van der Waals surface area contributed by atoms with E-state index in [9.17, 15) is 4.79 Å². The van der Waals surface area contributed by atoms with Gasteiger partial charge in [-0.3, -0.25) is 5.41 Å². The van der Waals surface area contributed by atoms with Crippen LogP contribution in [0.2, 0.25) is 0 Å². The van der Waals surface area contributed by atoms with Crippen molar-refractivity contribution in [2.75, 3.05) is 0 Å². The minimum atomic E-state index is 0.00843. The average Bonchev–Trinajstić information content (AvgIpc) is 1.88. The lowest BCUT2D eigenvalue weighted by Gasteiger charge is -1.94. The van der Waals surface area contributed by atoms with E-state index in [1.165, 1.54) is 6.92 Å². The zero-order valence-corrected chi connectivity index (χ0v) is 5.72. The zero-order chi connectivity index (χ0) is 7.56. The summed E-state index contributed by atoms with van der Waals surface area (Å²) in [7, 11) is 0. The molecule has 0 saturated heterocycles. The Bertz CT molecular complexity index is 236. The van der Waals surface area contributed by atoms with E-state index in [0.29, 0.717) is 11.3 Å². The molecule has 1 N–H and O–H groups in total. The second-order valence-corrected chi connectivity index (χ2v) is 2.14. The van der Waals surface area contributed by atoms with Crippen molar-refractivity contribution in [2.24, 2.45) is 0 Å². The van der Waals surface area contributed by atoms with Gasteiger partial charge in [0, 0.05) is 25.5 Å². The number of allylic oxidation sites excluding steroid dienone is 4.